The summed E-state index contributed by atoms with van der Waals surface area (Å²) in [5.74, 6) is 0.0146. The van der Waals surface area contributed by atoms with Gasteiger partial charge in [0.15, 0.2) is 0 Å². The number of hydrogen-bond donors (Lipinski definition) is 2. The summed E-state index contributed by atoms with van der Waals surface area (Å²) in [6, 6.07) is 9.77. The van der Waals surface area contributed by atoms with Crippen molar-refractivity contribution in [2.45, 2.75) is 13.0 Å². The molecule has 0 bridgehead atoms. The Balaban J connectivity index is 1.83. The lowest BCUT2D eigenvalue weighted by Gasteiger charge is -2.03. The number of benzene rings is 1. The molecule has 0 aliphatic rings. The molecule has 0 saturated heterocycles. The minimum absolute atomic E-state index is 0.0146. The van der Waals surface area contributed by atoms with E-state index >= 15 is 0 Å². The number of carbonyl (C=O) groups excluding carboxylic acids is 1. The van der Waals surface area contributed by atoms with Crippen molar-refractivity contribution < 1.29 is 4.79 Å². The number of carbonyl (C=O) groups is 1. The fourth-order valence-corrected chi connectivity index (χ4v) is 1.79. The zero-order chi connectivity index (χ0) is 12.1. The summed E-state index contributed by atoms with van der Waals surface area (Å²) in [6.45, 7) is 0.489. The fraction of sp³-hybridized carbons (Fsp3) is 0.167. The van der Waals surface area contributed by atoms with E-state index in [2.05, 4.69) is 38.1 Å². The van der Waals surface area contributed by atoms with Gasteiger partial charge in [-0.2, -0.15) is 5.10 Å². The highest BCUT2D eigenvalue weighted by Crippen LogP contribution is 2.07. The molecular formula is C12H12IN3O. The van der Waals surface area contributed by atoms with Gasteiger partial charge in [-0.1, -0.05) is 12.1 Å². The summed E-state index contributed by atoms with van der Waals surface area (Å²) in [6.07, 6.45) is 2.08. The van der Waals surface area contributed by atoms with Gasteiger partial charge in [0.2, 0.25) is 5.91 Å². The first-order valence-corrected chi connectivity index (χ1v) is 6.31. The highest BCUT2D eigenvalue weighted by molar-refractivity contribution is 14.1. The summed E-state index contributed by atoms with van der Waals surface area (Å²) in [5, 5.41) is 9.45. The third kappa shape index (κ3) is 3.85. The van der Waals surface area contributed by atoms with Crippen LogP contribution in [0.2, 0.25) is 0 Å². The Kier molecular flexibility index (Phi) is 4.13. The van der Waals surface area contributed by atoms with Crippen LogP contribution in [0, 0.1) is 3.57 Å². The first-order valence-electron chi connectivity index (χ1n) is 5.23. The number of aromatic amines is 1. The van der Waals surface area contributed by atoms with Crippen LogP contribution in [0.15, 0.2) is 36.5 Å². The summed E-state index contributed by atoms with van der Waals surface area (Å²) < 4.78 is 1.17. The van der Waals surface area contributed by atoms with E-state index in [1.165, 1.54) is 3.57 Å². The molecule has 0 saturated carbocycles. The summed E-state index contributed by atoms with van der Waals surface area (Å²) in [4.78, 5) is 11.6. The number of nitrogens with one attached hydrogen (secondary N) is 2. The molecular weight excluding hydrogens is 329 g/mol. The molecule has 0 aliphatic heterocycles. The number of rotatable bonds is 4. The minimum atomic E-state index is 0.0146. The standard InChI is InChI=1S/C12H12IN3O/c13-10-3-1-9(2-4-10)7-12(17)14-8-11-5-6-15-16-11/h1-6H,7-8H2,(H,14,17)(H,15,16). The second kappa shape index (κ2) is 5.81. The number of H-pyrrole nitrogens is 1. The molecule has 2 aromatic rings. The fourth-order valence-electron chi connectivity index (χ4n) is 1.43. The molecule has 5 heteroatoms. The van der Waals surface area contributed by atoms with E-state index in [0.29, 0.717) is 13.0 Å². The smallest absolute Gasteiger partial charge is 0.224 e. The van der Waals surface area contributed by atoms with Gasteiger partial charge in [0.05, 0.1) is 18.7 Å². The Morgan fingerprint density at radius 1 is 1.29 bits per heavy atom. The Bertz CT molecular complexity index is 479. The van der Waals surface area contributed by atoms with Crippen molar-refractivity contribution in [3.05, 3.63) is 51.4 Å². The number of aromatic nitrogens is 2. The number of nitrogens with zero attached hydrogens (tertiary/aromatic N) is 1. The quantitative estimate of drug-likeness (QED) is 0.835. The molecule has 88 valence electrons. The highest BCUT2D eigenvalue weighted by atomic mass is 127. The normalized spacial score (nSPS) is 10.2. The molecule has 0 spiro atoms. The maximum Gasteiger partial charge on any atom is 0.224 e. The minimum Gasteiger partial charge on any atom is -0.350 e. The van der Waals surface area contributed by atoms with Crippen LogP contribution in [0.1, 0.15) is 11.3 Å². The molecule has 1 aromatic heterocycles. The van der Waals surface area contributed by atoms with Gasteiger partial charge in [-0.15, -0.1) is 0 Å². The highest BCUT2D eigenvalue weighted by Gasteiger charge is 2.03. The summed E-state index contributed by atoms with van der Waals surface area (Å²) in [7, 11) is 0. The SMILES string of the molecule is O=C(Cc1ccc(I)cc1)NCc1ccn[nH]1. The number of hydrogen-bond acceptors (Lipinski definition) is 2. The van der Waals surface area contributed by atoms with Gasteiger partial charge in [0.25, 0.3) is 0 Å². The maximum atomic E-state index is 11.6. The maximum absolute atomic E-state index is 11.6. The van der Waals surface area contributed by atoms with Crippen molar-refractivity contribution in [3.63, 3.8) is 0 Å². The monoisotopic (exact) mass is 341 g/mol. The average molecular weight is 341 g/mol. The summed E-state index contributed by atoms with van der Waals surface area (Å²) in [5.41, 5.74) is 1.92. The number of amides is 1. The zero-order valence-electron chi connectivity index (χ0n) is 9.11. The van der Waals surface area contributed by atoms with Crippen LogP contribution in [-0.2, 0) is 17.8 Å². The lowest BCUT2D eigenvalue weighted by molar-refractivity contribution is -0.120. The lowest BCUT2D eigenvalue weighted by atomic mass is 10.1. The average Bonchev–Trinajstić information content (AvgIpc) is 2.83. The van der Waals surface area contributed by atoms with Gasteiger partial charge < -0.3 is 5.32 Å². The van der Waals surface area contributed by atoms with Crippen LogP contribution < -0.4 is 5.32 Å². The molecule has 0 fully saturated rings. The molecule has 0 unspecified atom stereocenters. The van der Waals surface area contributed by atoms with E-state index in [4.69, 9.17) is 0 Å². The van der Waals surface area contributed by atoms with E-state index in [0.717, 1.165) is 11.3 Å². The van der Waals surface area contributed by atoms with Crippen molar-refractivity contribution in [2.24, 2.45) is 0 Å². The zero-order valence-corrected chi connectivity index (χ0v) is 11.3. The van der Waals surface area contributed by atoms with Gasteiger partial charge in [-0.3, -0.25) is 9.89 Å². The van der Waals surface area contributed by atoms with Gasteiger partial charge in [0.1, 0.15) is 0 Å². The van der Waals surface area contributed by atoms with Gasteiger partial charge >= 0.3 is 0 Å². The van der Waals surface area contributed by atoms with Crippen molar-refractivity contribution >= 4 is 28.5 Å². The lowest BCUT2D eigenvalue weighted by Crippen LogP contribution is -2.24. The van der Waals surface area contributed by atoms with E-state index in [-0.39, 0.29) is 5.91 Å². The largest absolute Gasteiger partial charge is 0.350 e. The number of halogens is 1. The van der Waals surface area contributed by atoms with Crippen LogP contribution in [0.5, 0.6) is 0 Å². The van der Waals surface area contributed by atoms with Crippen LogP contribution in [0.3, 0.4) is 0 Å². The van der Waals surface area contributed by atoms with Crippen molar-refractivity contribution in [1.82, 2.24) is 15.5 Å². The second-order valence-electron chi connectivity index (χ2n) is 3.66. The molecule has 0 radical (unpaired) electrons. The first-order chi connectivity index (χ1) is 8.24. The molecule has 0 aliphatic carbocycles. The third-order valence-corrected chi connectivity index (χ3v) is 3.03. The summed E-state index contributed by atoms with van der Waals surface area (Å²) >= 11 is 2.24. The van der Waals surface area contributed by atoms with Gasteiger partial charge in [-0.05, 0) is 46.4 Å². The molecule has 4 nitrogen and oxygen atoms in total. The van der Waals surface area contributed by atoms with Crippen LogP contribution in [0.25, 0.3) is 0 Å². The van der Waals surface area contributed by atoms with Crippen LogP contribution in [-0.4, -0.2) is 16.1 Å². The Morgan fingerprint density at radius 2 is 2.06 bits per heavy atom. The molecule has 1 aromatic carbocycles. The van der Waals surface area contributed by atoms with Crippen molar-refractivity contribution in [1.29, 1.82) is 0 Å². The molecule has 2 N–H and O–H groups in total. The van der Waals surface area contributed by atoms with Crippen LogP contribution in [0.4, 0.5) is 0 Å². The molecule has 0 atom stereocenters. The van der Waals surface area contributed by atoms with E-state index in [1.807, 2.05) is 30.3 Å². The van der Waals surface area contributed by atoms with E-state index in [1.54, 1.807) is 6.20 Å². The predicted molar refractivity (Wildman–Crippen MR) is 73.3 cm³/mol. The Hall–Kier alpha value is -1.37. The van der Waals surface area contributed by atoms with E-state index < -0.39 is 0 Å². The second-order valence-corrected chi connectivity index (χ2v) is 4.91. The molecule has 1 amide bonds. The van der Waals surface area contributed by atoms with Crippen molar-refractivity contribution in [3.8, 4) is 0 Å². The van der Waals surface area contributed by atoms with Gasteiger partial charge in [-0.25, -0.2) is 0 Å². The third-order valence-electron chi connectivity index (χ3n) is 2.31. The van der Waals surface area contributed by atoms with Gasteiger partial charge in [0, 0.05) is 9.77 Å². The van der Waals surface area contributed by atoms with Crippen molar-refractivity contribution in [2.75, 3.05) is 0 Å². The molecule has 17 heavy (non-hydrogen) atoms. The first kappa shape index (κ1) is 12.1. The molecule has 2 rings (SSSR count). The van der Waals surface area contributed by atoms with Crippen LogP contribution >= 0.6 is 22.6 Å². The predicted octanol–water partition coefficient (Wildman–Crippen LogP) is 1.87. The topological polar surface area (TPSA) is 57.8 Å². The Labute approximate surface area is 113 Å². The Morgan fingerprint density at radius 3 is 2.71 bits per heavy atom. The molecule has 1 heterocycles. The van der Waals surface area contributed by atoms with E-state index in [9.17, 15) is 4.79 Å².